The van der Waals surface area contributed by atoms with Gasteiger partial charge in [-0.1, -0.05) is 0 Å². The molecule has 2 aromatic heterocycles. The van der Waals surface area contributed by atoms with Gasteiger partial charge in [-0.05, 0) is 12.1 Å². The molecule has 0 aromatic carbocycles. The quantitative estimate of drug-likeness (QED) is 0.806. The Bertz CT molecular complexity index is 466. The molecule has 0 bridgehead atoms. The monoisotopic (exact) mass is 220 g/mol. The maximum atomic E-state index is 12.6. The van der Waals surface area contributed by atoms with Crippen LogP contribution in [0.2, 0.25) is 0 Å². The molecule has 1 amide bonds. The lowest BCUT2D eigenvalue weighted by Gasteiger charge is -2.02. The molecule has 0 fully saturated rings. The van der Waals surface area contributed by atoms with Gasteiger partial charge in [-0.3, -0.25) is 4.79 Å². The Balaban J connectivity index is 1.95. The summed E-state index contributed by atoms with van der Waals surface area (Å²) in [6, 6.07) is 2.52. The van der Waals surface area contributed by atoms with E-state index in [1.807, 2.05) is 0 Å². The van der Waals surface area contributed by atoms with Crippen LogP contribution in [0.3, 0.4) is 0 Å². The molecule has 2 aromatic rings. The minimum absolute atomic E-state index is 0.181. The number of aromatic amines is 1. The summed E-state index contributed by atoms with van der Waals surface area (Å²) in [6.07, 6.45) is 4.14. The zero-order valence-corrected chi connectivity index (χ0v) is 8.27. The molecule has 6 heteroatoms. The van der Waals surface area contributed by atoms with E-state index in [4.69, 9.17) is 0 Å². The summed E-state index contributed by atoms with van der Waals surface area (Å²) in [6.45, 7) is 0.331. The van der Waals surface area contributed by atoms with E-state index in [0.717, 1.165) is 11.9 Å². The van der Waals surface area contributed by atoms with E-state index in [1.165, 1.54) is 18.5 Å². The lowest BCUT2D eigenvalue weighted by Crippen LogP contribution is -2.23. The second kappa shape index (κ2) is 4.52. The summed E-state index contributed by atoms with van der Waals surface area (Å²) in [5.74, 6) is -0.820. The Morgan fingerprint density at radius 3 is 2.94 bits per heavy atom. The number of rotatable bonds is 3. The number of carbonyl (C=O) groups is 1. The minimum atomic E-state index is -0.467. The Labute approximate surface area is 90.7 Å². The second-order valence-corrected chi connectivity index (χ2v) is 3.12. The summed E-state index contributed by atoms with van der Waals surface area (Å²) in [5.41, 5.74) is 0.969. The highest BCUT2D eigenvalue weighted by Crippen LogP contribution is 1.98. The summed E-state index contributed by atoms with van der Waals surface area (Å²) in [5, 5.41) is 2.63. The highest BCUT2D eigenvalue weighted by Gasteiger charge is 2.06. The lowest BCUT2D eigenvalue weighted by molar-refractivity contribution is 0.0945. The van der Waals surface area contributed by atoms with Crippen LogP contribution in [0.4, 0.5) is 4.39 Å². The summed E-state index contributed by atoms with van der Waals surface area (Å²) < 4.78 is 12.6. The van der Waals surface area contributed by atoms with E-state index >= 15 is 0 Å². The molecule has 0 aliphatic heterocycles. The fourth-order valence-electron chi connectivity index (χ4n) is 1.16. The number of nitrogens with zero attached hydrogens (tertiary/aromatic N) is 2. The van der Waals surface area contributed by atoms with Crippen LogP contribution < -0.4 is 5.32 Å². The highest BCUT2D eigenvalue weighted by molar-refractivity contribution is 5.92. The first-order valence-corrected chi connectivity index (χ1v) is 4.63. The van der Waals surface area contributed by atoms with Gasteiger partial charge in [-0.25, -0.2) is 14.4 Å². The summed E-state index contributed by atoms with van der Waals surface area (Å²) in [7, 11) is 0. The number of H-pyrrole nitrogens is 1. The van der Waals surface area contributed by atoms with E-state index in [-0.39, 0.29) is 11.6 Å². The third-order valence-electron chi connectivity index (χ3n) is 1.95. The maximum Gasteiger partial charge on any atom is 0.270 e. The molecule has 0 spiro atoms. The predicted octanol–water partition coefficient (Wildman–Crippen LogP) is 0.874. The van der Waals surface area contributed by atoms with Crippen molar-refractivity contribution in [3.05, 3.63) is 48.1 Å². The first kappa shape index (κ1) is 10.3. The van der Waals surface area contributed by atoms with Crippen molar-refractivity contribution >= 4 is 5.91 Å². The topological polar surface area (TPSA) is 70.7 Å². The van der Waals surface area contributed by atoms with Crippen molar-refractivity contribution in [3.63, 3.8) is 0 Å². The van der Waals surface area contributed by atoms with Gasteiger partial charge in [0.25, 0.3) is 5.91 Å². The second-order valence-electron chi connectivity index (χ2n) is 3.12. The highest BCUT2D eigenvalue weighted by atomic mass is 19.1. The van der Waals surface area contributed by atoms with Crippen LogP contribution in [0.25, 0.3) is 0 Å². The van der Waals surface area contributed by atoms with Crippen molar-refractivity contribution in [3.8, 4) is 0 Å². The third-order valence-corrected chi connectivity index (χ3v) is 1.95. The van der Waals surface area contributed by atoms with Gasteiger partial charge in [0.1, 0.15) is 11.5 Å². The number of nitrogens with one attached hydrogen (secondary N) is 2. The van der Waals surface area contributed by atoms with Crippen LogP contribution >= 0.6 is 0 Å². The van der Waals surface area contributed by atoms with Crippen molar-refractivity contribution in [1.82, 2.24) is 20.3 Å². The number of amides is 1. The molecule has 2 N–H and O–H groups in total. The van der Waals surface area contributed by atoms with Crippen molar-refractivity contribution < 1.29 is 9.18 Å². The van der Waals surface area contributed by atoms with Gasteiger partial charge < -0.3 is 10.3 Å². The zero-order chi connectivity index (χ0) is 11.4. The number of halogens is 1. The van der Waals surface area contributed by atoms with E-state index in [0.29, 0.717) is 6.54 Å². The third kappa shape index (κ3) is 2.41. The van der Waals surface area contributed by atoms with Crippen LogP contribution in [0.5, 0.6) is 0 Å². The molecule has 5 nitrogen and oxygen atoms in total. The fraction of sp³-hybridized carbons (Fsp3) is 0.100. The smallest absolute Gasteiger partial charge is 0.270 e. The van der Waals surface area contributed by atoms with E-state index in [2.05, 4.69) is 20.3 Å². The zero-order valence-electron chi connectivity index (χ0n) is 8.27. The first-order valence-electron chi connectivity index (χ1n) is 4.63. The summed E-state index contributed by atoms with van der Waals surface area (Å²) >= 11 is 0. The number of carbonyl (C=O) groups excluding carboxylic acids is 1. The van der Waals surface area contributed by atoms with Crippen molar-refractivity contribution in [2.24, 2.45) is 0 Å². The number of aromatic nitrogens is 3. The molecule has 0 unspecified atom stereocenters. The molecular weight excluding hydrogens is 211 g/mol. The predicted molar refractivity (Wildman–Crippen MR) is 54.0 cm³/mol. The summed E-state index contributed by atoms with van der Waals surface area (Å²) in [4.78, 5) is 21.8. The largest absolute Gasteiger partial charge is 0.347 e. The Kier molecular flexibility index (Phi) is 2.90. The van der Waals surface area contributed by atoms with Crippen LogP contribution in [0, 0.1) is 5.82 Å². The molecule has 0 saturated carbocycles. The number of hydrogen-bond donors (Lipinski definition) is 2. The van der Waals surface area contributed by atoms with Crippen LogP contribution in [-0.2, 0) is 6.54 Å². The van der Waals surface area contributed by atoms with Crippen LogP contribution in [0.15, 0.2) is 30.9 Å². The Morgan fingerprint density at radius 1 is 1.44 bits per heavy atom. The number of hydrogen-bond acceptors (Lipinski definition) is 3. The molecule has 0 aliphatic carbocycles. The van der Waals surface area contributed by atoms with E-state index < -0.39 is 5.82 Å². The van der Waals surface area contributed by atoms with Crippen LogP contribution in [-0.4, -0.2) is 20.9 Å². The lowest BCUT2D eigenvalue weighted by atomic mass is 10.3. The minimum Gasteiger partial charge on any atom is -0.347 e. The van der Waals surface area contributed by atoms with Crippen molar-refractivity contribution in [2.75, 3.05) is 0 Å². The molecule has 0 aliphatic rings. The molecule has 2 rings (SSSR count). The Morgan fingerprint density at radius 2 is 2.31 bits per heavy atom. The van der Waals surface area contributed by atoms with Crippen molar-refractivity contribution in [1.29, 1.82) is 0 Å². The molecular formula is C10H9FN4O. The van der Waals surface area contributed by atoms with Gasteiger partial charge in [0.15, 0.2) is 0 Å². The normalized spacial score (nSPS) is 10.1. The van der Waals surface area contributed by atoms with Crippen molar-refractivity contribution in [2.45, 2.75) is 6.54 Å². The standard InChI is InChI=1S/C10H9FN4O/c11-7-1-2-9(13-3-7)10(16)14-5-8-4-12-6-15-8/h1-4,6H,5H2,(H,12,15)(H,14,16). The molecule has 2 heterocycles. The maximum absolute atomic E-state index is 12.6. The fourth-order valence-corrected chi connectivity index (χ4v) is 1.16. The average molecular weight is 220 g/mol. The number of pyridine rings is 1. The average Bonchev–Trinajstić information content (AvgIpc) is 2.80. The molecule has 0 saturated heterocycles. The molecule has 16 heavy (non-hydrogen) atoms. The van der Waals surface area contributed by atoms with Gasteiger partial charge in [0.2, 0.25) is 0 Å². The van der Waals surface area contributed by atoms with E-state index in [9.17, 15) is 9.18 Å². The van der Waals surface area contributed by atoms with Gasteiger partial charge in [0.05, 0.1) is 24.8 Å². The van der Waals surface area contributed by atoms with Crippen LogP contribution in [0.1, 0.15) is 16.2 Å². The number of imidazole rings is 1. The van der Waals surface area contributed by atoms with Gasteiger partial charge in [0, 0.05) is 6.20 Å². The van der Waals surface area contributed by atoms with Gasteiger partial charge >= 0.3 is 0 Å². The Hall–Kier alpha value is -2.24. The van der Waals surface area contributed by atoms with Gasteiger partial charge in [-0.2, -0.15) is 0 Å². The molecule has 0 radical (unpaired) electrons. The molecule has 0 atom stereocenters. The van der Waals surface area contributed by atoms with Gasteiger partial charge in [-0.15, -0.1) is 0 Å². The first-order chi connectivity index (χ1) is 7.75. The SMILES string of the molecule is O=C(NCc1cnc[nH]1)c1ccc(F)cn1. The van der Waals surface area contributed by atoms with E-state index in [1.54, 1.807) is 6.20 Å². The molecule has 82 valence electrons.